The Kier molecular flexibility index (Phi) is 4.71. The molecule has 0 fully saturated rings. The number of amides is 1. The molecule has 0 unspecified atom stereocenters. The van der Waals surface area contributed by atoms with Gasteiger partial charge in [-0.15, -0.1) is 0 Å². The van der Waals surface area contributed by atoms with Crippen molar-refractivity contribution in [3.63, 3.8) is 0 Å². The summed E-state index contributed by atoms with van der Waals surface area (Å²) in [5.41, 5.74) is 3.90. The van der Waals surface area contributed by atoms with Crippen LogP contribution >= 0.6 is 15.9 Å². The first-order valence-corrected chi connectivity index (χ1v) is 9.73. The first-order valence-electron chi connectivity index (χ1n) is 8.93. The highest BCUT2D eigenvalue weighted by molar-refractivity contribution is 9.10. The van der Waals surface area contributed by atoms with Crippen LogP contribution < -0.4 is 5.32 Å². The number of hydrogen-bond donors (Lipinski definition) is 1. The number of carbonyl (C=O) groups excluding carboxylic acids is 1. The Morgan fingerprint density at radius 3 is 2.75 bits per heavy atom. The van der Waals surface area contributed by atoms with E-state index in [0.717, 1.165) is 34.6 Å². The Labute approximate surface area is 169 Å². The summed E-state index contributed by atoms with van der Waals surface area (Å²) >= 11 is 3.54. The van der Waals surface area contributed by atoms with Crippen LogP contribution in [0.5, 0.6) is 0 Å². The largest absolute Gasteiger partial charge is 0.318 e. The van der Waals surface area contributed by atoms with Gasteiger partial charge in [0.1, 0.15) is 5.69 Å². The molecular formula is C18H19BrN8O. The Morgan fingerprint density at radius 1 is 1.25 bits per heavy atom. The highest BCUT2D eigenvalue weighted by Gasteiger charge is 2.18. The maximum Gasteiger partial charge on any atom is 0.276 e. The fourth-order valence-electron chi connectivity index (χ4n) is 2.99. The Balaban J connectivity index is 1.70. The zero-order valence-electron chi connectivity index (χ0n) is 15.7. The Hall–Kier alpha value is -3.01. The standard InChI is InChI=1S/C18H19BrN8O/c1-4-25-10-12(19)17(24-25)15-6-7-20-16-8-13(23-27(15)16)18(28)22-14-9-21-26(5-2)11(14)3/h6-10H,4-5H2,1-3H3,(H,22,28). The molecule has 4 aromatic heterocycles. The molecule has 10 heteroatoms. The normalized spacial score (nSPS) is 11.3. The van der Waals surface area contributed by atoms with E-state index in [2.05, 4.69) is 41.5 Å². The predicted octanol–water partition coefficient (Wildman–Crippen LogP) is 3.15. The van der Waals surface area contributed by atoms with Gasteiger partial charge in [0.2, 0.25) is 0 Å². The fraction of sp³-hybridized carbons (Fsp3) is 0.278. The lowest BCUT2D eigenvalue weighted by Crippen LogP contribution is -2.13. The van der Waals surface area contributed by atoms with Gasteiger partial charge >= 0.3 is 0 Å². The van der Waals surface area contributed by atoms with Gasteiger partial charge in [0.05, 0.1) is 27.7 Å². The first kappa shape index (κ1) is 18.4. The van der Waals surface area contributed by atoms with Crippen molar-refractivity contribution in [2.75, 3.05) is 5.32 Å². The highest BCUT2D eigenvalue weighted by atomic mass is 79.9. The molecule has 0 aliphatic heterocycles. The molecule has 0 atom stereocenters. The van der Waals surface area contributed by atoms with Crippen LogP contribution in [0.25, 0.3) is 17.0 Å². The van der Waals surface area contributed by atoms with Crippen LogP contribution in [0.1, 0.15) is 30.0 Å². The van der Waals surface area contributed by atoms with Crippen molar-refractivity contribution in [3.05, 3.63) is 46.6 Å². The van der Waals surface area contributed by atoms with Gasteiger partial charge in [-0.25, -0.2) is 9.50 Å². The molecule has 0 saturated carbocycles. The highest BCUT2D eigenvalue weighted by Crippen LogP contribution is 2.27. The van der Waals surface area contributed by atoms with E-state index in [1.807, 2.05) is 42.4 Å². The van der Waals surface area contributed by atoms with Gasteiger partial charge in [0.25, 0.3) is 5.91 Å². The second-order valence-corrected chi connectivity index (χ2v) is 7.08. The van der Waals surface area contributed by atoms with E-state index in [9.17, 15) is 4.79 Å². The van der Waals surface area contributed by atoms with E-state index >= 15 is 0 Å². The van der Waals surface area contributed by atoms with E-state index in [0.29, 0.717) is 11.3 Å². The molecule has 144 valence electrons. The molecule has 0 saturated heterocycles. The van der Waals surface area contributed by atoms with E-state index in [-0.39, 0.29) is 11.6 Å². The molecule has 0 bridgehead atoms. The summed E-state index contributed by atoms with van der Waals surface area (Å²) in [6, 6.07) is 3.48. The van der Waals surface area contributed by atoms with Crippen molar-refractivity contribution < 1.29 is 4.79 Å². The Morgan fingerprint density at radius 2 is 2.07 bits per heavy atom. The minimum absolute atomic E-state index is 0.273. The van der Waals surface area contributed by atoms with E-state index in [1.165, 1.54) is 0 Å². The average Bonchev–Trinajstić information content (AvgIpc) is 3.38. The number of nitrogens with one attached hydrogen (secondary N) is 1. The molecule has 1 N–H and O–H groups in total. The van der Waals surface area contributed by atoms with Crippen LogP contribution in [0.15, 0.2) is 35.2 Å². The number of halogens is 1. The summed E-state index contributed by atoms with van der Waals surface area (Å²) in [6.45, 7) is 7.42. The number of carbonyl (C=O) groups is 1. The lowest BCUT2D eigenvalue weighted by molar-refractivity contribution is 0.102. The molecule has 1 amide bonds. The quantitative estimate of drug-likeness (QED) is 0.512. The van der Waals surface area contributed by atoms with E-state index in [4.69, 9.17) is 0 Å². The van der Waals surface area contributed by atoms with E-state index in [1.54, 1.807) is 23.0 Å². The van der Waals surface area contributed by atoms with Gasteiger partial charge in [-0.2, -0.15) is 15.3 Å². The maximum absolute atomic E-state index is 12.7. The summed E-state index contributed by atoms with van der Waals surface area (Å²) in [4.78, 5) is 17.0. The zero-order chi connectivity index (χ0) is 19.8. The molecule has 0 radical (unpaired) electrons. The number of hydrogen-bond acceptors (Lipinski definition) is 5. The van der Waals surface area contributed by atoms with Gasteiger partial charge in [0.15, 0.2) is 11.3 Å². The van der Waals surface area contributed by atoms with Crippen LogP contribution in [0.2, 0.25) is 0 Å². The Bertz CT molecular complexity index is 1170. The molecule has 0 aliphatic rings. The topological polar surface area (TPSA) is 94.9 Å². The number of nitrogens with zero attached hydrogens (tertiary/aromatic N) is 7. The van der Waals surface area contributed by atoms with Crippen molar-refractivity contribution in [3.8, 4) is 11.4 Å². The second-order valence-electron chi connectivity index (χ2n) is 6.22. The molecule has 4 aromatic rings. The molecule has 4 rings (SSSR count). The summed E-state index contributed by atoms with van der Waals surface area (Å²) in [5.74, 6) is -0.312. The van der Waals surface area contributed by atoms with Gasteiger partial charge < -0.3 is 5.32 Å². The number of rotatable bonds is 5. The van der Waals surface area contributed by atoms with Gasteiger partial charge in [-0.1, -0.05) is 0 Å². The number of aryl methyl sites for hydroxylation is 2. The van der Waals surface area contributed by atoms with Crippen molar-refractivity contribution >= 4 is 33.2 Å². The molecule has 28 heavy (non-hydrogen) atoms. The molecule has 9 nitrogen and oxygen atoms in total. The predicted molar refractivity (Wildman–Crippen MR) is 108 cm³/mol. The molecular weight excluding hydrogens is 424 g/mol. The summed E-state index contributed by atoms with van der Waals surface area (Å²) in [7, 11) is 0. The smallest absolute Gasteiger partial charge is 0.276 e. The third-order valence-electron chi connectivity index (χ3n) is 4.53. The zero-order valence-corrected chi connectivity index (χ0v) is 17.3. The number of anilines is 1. The van der Waals surface area contributed by atoms with Crippen molar-refractivity contribution in [1.29, 1.82) is 0 Å². The fourth-order valence-corrected chi connectivity index (χ4v) is 3.51. The van der Waals surface area contributed by atoms with Crippen LogP contribution in [0, 0.1) is 6.92 Å². The number of fused-ring (bicyclic) bond motifs is 1. The lowest BCUT2D eigenvalue weighted by Gasteiger charge is -2.03. The SMILES string of the molecule is CCn1cc(Br)c(-c2ccnc3cc(C(=O)Nc4cnn(CC)c4C)nn23)n1. The third kappa shape index (κ3) is 3.09. The third-order valence-corrected chi connectivity index (χ3v) is 5.11. The van der Waals surface area contributed by atoms with Crippen LogP contribution in [0.3, 0.4) is 0 Å². The molecule has 4 heterocycles. The van der Waals surface area contributed by atoms with Crippen molar-refractivity contribution in [2.45, 2.75) is 33.9 Å². The minimum atomic E-state index is -0.312. The van der Waals surface area contributed by atoms with Crippen LogP contribution in [-0.4, -0.2) is 40.1 Å². The summed E-state index contributed by atoms with van der Waals surface area (Å²) in [5, 5.41) is 16.1. The van der Waals surface area contributed by atoms with E-state index < -0.39 is 0 Å². The lowest BCUT2D eigenvalue weighted by atomic mass is 10.3. The van der Waals surface area contributed by atoms with Gasteiger partial charge in [0, 0.05) is 31.5 Å². The first-order chi connectivity index (χ1) is 13.5. The number of aromatic nitrogens is 7. The van der Waals surface area contributed by atoms with Gasteiger partial charge in [-0.05, 0) is 42.8 Å². The van der Waals surface area contributed by atoms with Crippen molar-refractivity contribution in [1.82, 2.24) is 34.2 Å². The van der Waals surface area contributed by atoms with Crippen molar-refractivity contribution in [2.24, 2.45) is 0 Å². The molecule has 0 aliphatic carbocycles. The second kappa shape index (κ2) is 7.19. The summed E-state index contributed by atoms with van der Waals surface area (Å²) in [6.07, 6.45) is 5.23. The molecule has 0 aromatic carbocycles. The molecule has 0 spiro atoms. The van der Waals surface area contributed by atoms with Crippen LogP contribution in [0.4, 0.5) is 5.69 Å². The van der Waals surface area contributed by atoms with Gasteiger partial charge in [-0.3, -0.25) is 14.2 Å². The maximum atomic E-state index is 12.7. The average molecular weight is 443 g/mol. The minimum Gasteiger partial charge on any atom is -0.318 e. The van der Waals surface area contributed by atoms with Crippen LogP contribution in [-0.2, 0) is 13.1 Å². The monoisotopic (exact) mass is 442 g/mol. The summed E-state index contributed by atoms with van der Waals surface area (Å²) < 4.78 is 6.13.